The normalized spacial score (nSPS) is 20.7. The molecule has 2 amide bonds. The number of sulfonamides is 1. The molecule has 1 aliphatic heterocycles. The Morgan fingerprint density at radius 3 is 2.43 bits per heavy atom. The molecule has 6 nitrogen and oxygen atoms in total. The van der Waals surface area contributed by atoms with Gasteiger partial charge in [-0.3, -0.25) is 9.59 Å². The van der Waals surface area contributed by atoms with E-state index in [2.05, 4.69) is 5.32 Å². The highest BCUT2D eigenvalue weighted by Crippen LogP contribution is 2.31. The summed E-state index contributed by atoms with van der Waals surface area (Å²) in [4.78, 5) is 24.4. The van der Waals surface area contributed by atoms with Crippen molar-refractivity contribution in [1.82, 2.24) is 5.32 Å². The quantitative estimate of drug-likeness (QED) is 0.878. The molecule has 23 heavy (non-hydrogen) atoms. The van der Waals surface area contributed by atoms with Crippen molar-refractivity contribution in [2.45, 2.75) is 33.2 Å². The minimum atomic E-state index is -3.72. The van der Waals surface area contributed by atoms with Crippen molar-refractivity contribution in [2.24, 2.45) is 5.92 Å². The number of nitrogens with one attached hydrogen (secondary N) is 1. The van der Waals surface area contributed by atoms with E-state index >= 15 is 0 Å². The lowest BCUT2D eigenvalue weighted by Gasteiger charge is -2.22. The zero-order valence-electron chi connectivity index (χ0n) is 13.4. The fraction of sp³-hybridized carbons (Fsp3) is 0.467. The van der Waals surface area contributed by atoms with Gasteiger partial charge in [-0.15, -0.1) is 0 Å². The molecule has 1 aliphatic rings. The van der Waals surface area contributed by atoms with Gasteiger partial charge in [0.05, 0.1) is 27.9 Å². The van der Waals surface area contributed by atoms with Crippen molar-refractivity contribution in [3.8, 4) is 0 Å². The Labute approximate surface area is 140 Å². The van der Waals surface area contributed by atoms with E-state index < -0.39 is 33.3 Å². The van der Waals surface area contributed by atoms with Gasteiger partial charge in [0.1, 0.15) is 0 Å². The molecule has 0 aliphatic carbocycles. The molecule has 1 aromatic rings. The smallest absolute Gasteiger partial charge is 0.253 e. The van der Waals surface area contributed by atoms with E-state index in [-0.39, 0.29) is 22.0 Å². The highest BCUT2D eigenvalue weighted by Gasteiger charge is 2.42. The number of hydrogen-bond donors (Lipinski definition) is 1. The molecule has 1 unspecified atom stereocenters. The van der Waals surface area contributed by atoms with E-state index in [1.807, 2.05) is 20.8 Å². The molecule has 1 heterocycles. The van der Waals surface area contributed by atoms with Crippen LogP contribution >= 0.6 is 11.6 Å². The Hall–Kier alpha value is -1.60. The second-order valence-corrected chi connectivity index (χ2v) is 8.92. The fourth-order valence-electron chi connectivity index (χ4n) is 2.31. The summed E-state index contributed by atoms with van der Waals surface area (Å²) in [5.41, 5.74) is -0.218. The van der Waals surface area contributed by atoms with Crippen molar-refractivity contribution in [1.29, 1.82) is 0 Å². The van der Waals surface area contributed by atoms with Gasteiger partial charge < -0.3 is 5.32 Å². The zero-order valence-corrected chi connectivity index (χ0v) is 15.0. The number of carbonyl (C=O) groups is 2. The fourth-order valence-corrected chi connectivity index (χ4v) is 4.32. The van der Waals surface area contributed by atoms with Gasteiger partial charge in [-0.05, 0) is 39.0 Å². The largest absolute Gasteiger partial charge is 0.347 e. The van der Waals surface area contributed by atoms with Crippen LogP contribution in [0.4, 0.5) is 5.69 Å². The number of halogens is 1. The Bertz CT molecular complexity index is 768. The highest BCUT2D eigenvalue weighted by molar-refractivity contribution is 7.94. The maximum Gasteiger partial charge on any atom is 0.253 e. The van der Waals surface area contributed by atoms with Crippen LogP contribution in [0.3, 0.4) is 0 Å². The number of benzene rings is 1. The molecule has 1 aromatic carbocycles. The van der Waals surface area contributed by atoms with E-state index in [4.69, 9.17) is 11.6 Å². The van der Waals surface area contributed by atoms with Crippen molar-refractivity contribution in [2.75, 3.05) is 10.1 Å². The number of rotatable bonds is 2. The standard InChI is InChI=1S/C15H19ClN2O4S/c1-9-8-23(21,22)18(14(9)20)10-5-6-12(16)11(7-10)13(19)17-15(2,3)4/h5-7,9H,8H2,1-4H3,(H,17,19). The monoisotopic (exact) mass is 358 g/mol. The van der Waals surface area contributed by atoms with Gasteiger partial charge in [-0.1, -0.05) is 18.5 Å². The van der Waals surface area contributed by atoms with Gasteiger partial charge >= 0.3 is 0 Å². The van der Waals surface area contributed by atoms with Gasteiger partial charge in [0.15, 0.2) is 0 Å². The maximum atomic E-state index is 12.3. The first-order valence-electron chi connectivity index (χ1n) is 7.11. The highest BCUT2D eigenvalue weighted by atomic mass is 35.5. The van der Waals surface area contributed by atoms with E-state index in [0.717, 1.165) is 4.31 Å². The molecule has 0 spiro atoms. The third-order valence-corrected chi connectivity index (χ3v) is 5.48. The SMILES string of the molecule is CC1CS(=O)(=O)N(c2ccc(Cl)c(C(=O)NC(C)(C)C)c2)C1=O. The van der Waals surface area contributed by atoms with Crippen molar-refractivity contribution in [3.05, 3.63) is 28.8 Å². The molecule has 0 radical (unpaired) electrons. The summed E-state index contributed by atoms with van der Waals surface area (Å²) in [5.74, 6) is -1.78. The molecule has 0 aromatic heterocycles. The van der Waals surface area contributed by atoms with Gasteiger partial charge in [-0.25, -0.2) is 12.7 Å². The predicted molar refractivity (Wildman–Crippen MR) is 89.1 cm³/mol. The number of anilines is 1. The third kappa shape index (κ3) is 3.67. The molecule has 0 saturated carbocycles. The first-order valence-corrected chi connectivity index (χ1v) is 9.10. The van der Waals surface area contributed by atoms with Crippen LogP contribution in [-0.2, 0) is 14.8 Å². The average molecular weight is 359 g/mol. The second-order valence-electron chi connectivity index (χ2n) is 6.65. The summed E-state index contributed by atoms with van der Waals surface area (Å²) in [6.45, 7) is 7.01. The van der Waals surface area contributed by atoms with Crippen LogP contribution in [0.5, 0.6) is 0 Å². The van der Waals surface area contributed by atoms with E-state index in [1.165, 1.54) is 18.2 Å². The average Bonchev–Trinajstić information content (AvgIpc) is 2.57. The molecule has 1 N–H and O–H groups in total. The Balaban J connectivity index is 2.46. The van der Waals surface area contributed by atoms with Crippen LogP contribution in [0.1, 0.15) is 38.1 Å². The second kappa shape index (κ2) is 5.79. The van der Waals surface area contributed by atoms with Crippen molar-refractivity contribution in [3.63, 3.8) is 0 Å². The molecule has 1 atom stereocenters. The molecular formula is C15H19ClN2O4S. The Kier molecular flexibility index (Phi) is 4.47. The van der Waals surface area contributed by atoms with E-state index in [9.17, 15) is 18.0 Å². The lowest BCUT2D eigenvalue weighted by atomic mass is 10.1. The molecule has 0 bridgehead atoms. The lowest BCUT2D eigenvalue weighted by Crippen LogP contribution is -2.40. The summed E-state index contributed by atoms with van der Waals surface area (Å²) in [6.07, 6.45) is 0. The lowest BCUT2D eigenvalue weighted by molar-refractivity contribution is -0.119. The van der Waals surface area contributed by atoms with Gasteiger partial charge in [0.2, 0.25) is 15.9 Å². The Morgan fingerprint density at radius 1 is 1.35 bits per heavy atom. The minimum Gasteiger partial charge on any atom is -0.347 e. The van der Waals surface area contributed by atoms with Crippen LogP contribution in [-0.4, -0.2) is 31.5 Å². The van der Waals surface area contributed by atoms with E-state index in [0.29, 0.717) is 0 Å². The summed E-state index contributed by atoms with van der Waals surface area (Å²) in [6, 6.07) is 4.17. The van der Waals surface area contributed by atoms with Crippen LogP contribution in [0, 0.1) is 5.92 Å². The topological polar surface area (TPSA) is 83.6 Å². The van der Waals surface area contributed by atoms with Gasteiger partial charge in [0, 0.05) is 5.54 Å². The Morgan fingerprint density at radius 2 is 1.96 bits per heavy atom. The summed E-state index contributed by atoms with van der Waals surface area (Å²) in [5, 5.41) is 2.95. The van der Waals surface area contributed by atoms with Crippen LogP contribution in [0.2, 0.25) is 5.02 Å². The maximum absolute atomic E-state index is 12.3. The number of carbonyl (C=O) groups excluding carboxylic acids is 2. The van der Waals surface area contributed by atoms with Crippen molar-refractivity contribution >= 4 is 39.1 Å². The third-order valence-electron chi connectivity index (χ3n) is 3.28. The number of amides is 2. The molecule has 126 valence electrons. The van der Waals surface area contributed by atoms with Gasteiger partial charge in [-0.2, -0.15) is 0 Å². The van der Waals surface area contributed by atoms with Crippen molar-refractivity contribution < 1.29 is 18.0 Å². The number of nitrogens with zero attached hydrogens (tertiary/aromatic N) is 1. The summed E-state index contributed by atoms with van der Waals surface area (Å²) >= 11 is 6.05. The first kappa shape index (κ1) is 17.7. The molecule has 1 saturated heterocycles. The zero-order chi connectivity index (χ0) is 17.6. The van der Waals surface area contributed by atoms with Gasteiger partial charge in [0.25, 0.3) is 5.91 Å². The molecule has 1 fully saturated rings. The van der Waals surface area contributed by atoms with E-state index in [1.54, 1.807) is 6.92 Å². The molecule has 2 rings (SSSR count). The summed E-state index contributed by atoms with van der Waals surface area (Å²) < 4.78 is 25.1. The van der Waals surface area contributed by atoms with Crippen LogP contribution in [0.15, 0.2) is 18.2 Å². The predicted octanol–water partition coefficient (Wildman–Crippen LogP) is 2.18. The number of hydrogen-bond acceptors (Lipinski definition) is 4. The molecular weight excluding hydrogens is 340 g/mol. The van der Waals surface area contributed by atoms with Crippen LogP contribution < -0.4 is 9.62 Å². The molecule has 8 heteroatoms. The minimum absolute atomic E-state index is 0.127. The summed E-state index contributed by atoms with van der Waals surface area (Å²) in [7, 11) is -3.72. The first-order chi connectivity index (χ1) is 10.4. The van der Waals surface area contributed by atoms with Crippen LogP contribution in [0.25, 0.3) is 0 Å².